The highest BCUT2D eigenvalue weighted by Crippen LogP contribution is 2.33. The Hall–Kier alpha value is -0.450. The molecule has 0 saturated carbocycles. The summed E-state index contributed by atoms with van der Waals surface area (Å²) in [5, 5.41) is 4.88. The quantitative estimate of drug-likeness (QED) is 0.890. The summed E-state index contributed by atoms with van der Waals surface area (Å²) >= 11 is 1.83. The molecule has 2 fully saturated rings. The van der Waals surface area contributed by atoms with Crippen molar-refractivity contribution in [1.82, 2.24) is 15.2 Å². The first-order chi connectivity index (χ1) is 8.65. The molecular formula is C14H23N3S. The lowest BCUT2D eigenvalue weighted by Gasteiger charge is -2.25. The number of rotatable bonds is 2. The van der Waals surface area contributed by atoms with Crippen molar-refractivity contribution in [2.45, 2.75) is 45.7 Å². The molecule has 0 aliphatic carbocycles. The number of nitrogens with zero attached hydrogens (tertiary/aromatic N) is 2. The summed E-state index contributed by atoms with van der Waals surface area (Å²) in [5.41, 5.74) is 1.30. The predicted molar refractivity (Wildman–Crippen MR) is 76.1 cm³/mol. The number of hydrogen-bond donors (Lipinski definition) is 1. The van der Waals surface area contributed by atoms with Crippen LogP contribution in [0.15, 0.2) is 0 Å². The maximum atomic E-state index is 4.73. The molecule has 0 amide bonds. The van der Waals surface area contributed by atoms with Crippen molar-refractivity contribution < 1.29 is 0 Å². The highest BCUT2D eigenvalue weighted by Gasteiger charge is 2.37. The Morgan fingerprint density at radius 2 is 2.22 bits per heavy atom. The minimum Gasteiger partial charge on any atom is -0.312 e. The zero-order valence-corrected chi connectivity index (χ0v) is 12.4. The Balaban J connectivity index is 1.73. The molecule has 0 bridgehead atoms. The summed E-state index contributed by atoms with van der Waals surface area (Å²) in [4.78, 5) is 8.74. The van der Waals surface area contributed by atoms with Crippen LogP contribution < -0.4 is 5.32 Å². The molecule has 100 valence electrons. The molecule has 4 heteroatoms. The third-order valence-electron chi connectivity index (χ3n) is 4.51. The van der Waals surface area contributed by atoms with Crippen molar-refractivity contribution in [3.63, 3.8) is 0 Å². The van der Waals surface area contributed by atoms with Crippen LogP contribution in [0.3, 0.4) is 0 Å². The molecular weight excluding hydrogens is 242 g/mol. The zero-order chi connectivity index (χ0) is 12.7. The third-order valence-corrected chi connectivity index (χ3v) is 5.41. The average molecular weight is 265 g/mol. The maximum Gasteiger partial charge on any atom is 0.0900 e. The van der Waals surface area contributed by atoms with Crippen LogP contribution in [-0.2, 0) is 0 Å². The van der Waals surface area contributed by atoms with Crippen LogP contribution in [0.1, 0.15) is 41.4 Å². The van der Waals surface area contributed by atoms with Crippen LogP contribution in [0.5, 0.6) is 0 Å². The van der Waals surface area contributed by atoms with E-state index in [9.17, 15) is 0 Å². The summed E-state index contributed by atoms with van der Waals surface area (Å²) < 4.78 is 0. The van der Waals surface area contributed by atoms with Crippen molar-refractivity contribution in [3.8, 4) is 0 Å². The van der Waals surface area contributed by atoms with Crippen LogP contribution >= 0.6 is 11.3 Å². The van der Waals surface area contributed by atoms with E-state index in [0.29, 0.717) is 6.04 Å². The van der Waals surface area contributed by atoms with Gasteiger partial charge in [-0.25, -0.2) is 4.98 Å². The van der Waals surface area contributed by atoms with E-state index in [1.807, 2.05) is 11.3 Å². The molecule has 18 heavy (non-hydrogen) atoms. The Kier molecular flexibility index (Phi) is 3.43. The smallest absolute Gasteiger partial charge is 0.0900 e. The van der Waals surface area contributed by atoms with E-state index in [1.54, 1.807) is 0 Å². The highest BCUT2D eigenvalue weighted by molar-refractivity contribution is 7.11. The van der Waals surface area contributed by atoms with Gasteiger partial charge in [0.25, 0.3) is 0 Å². The van der Waals surface area contributed by atoms with Crippen LogP contribution in [0.2, 0.25) is 0 Å². The monoisotopic (exact) mass is 265 g/mol. The lowest BCUT2D eigenvalue weighted by Crippen LogP contribution is -2.40. The van der Waals surface area contributed by atoms with Gasteiger partial charge in [0, 0.05) is 24.0 Å². The van der Waals surface area contributed by atoms with Crippen LogP contribution in [0.4, 0.5) is 0 Å². The fourth-order valence-corrected chi connectivity index (χ4v) is 4.41. The Morgan fingerprint density at radius 1 is 1.39 bits per heavy atom. The van der Waals surface area contributed by atoms with Gasteiger partial charge in [0.1, 0.15) is 0 Å². The minimum atomic E-state index is 0.474. The Labute approximate surface area is 114 Å². The molecule has 0 radical (unpaired) electrons. The van der Waals surface area contributed by atoms with Gasteiger partial charge in [0.15, 0.2) is 0 Å². The minimum absolute atomic E-state index is 0.474. The summed E-state index contributed by atoms with van der Waals surface area (Å²) in [7, 11) is 0. The van der Waals surface area contributed by atoms with Gasteiger partial charge in [-0.15, -0.1) is 11.3 Å². The van der Waals surface area contributed by atoms with Gasteiger partial charge in [-0.1, -0.05) is 0 Å². The molecule has 2 saturated heterocycles. The molecule has 3 nitrogen and oxygen atoms in total. The van der Waals surface area contributed by atoms with Crippen molar-refractivity contribution in [2.75, 3.05) is 19.6 Å². The van der Waals surface area contributed by atoms with Gasteiger partial charge in [0.05, 0.1) is 16.7 Å². The van der Waals surface area contributed by atoms with Crippen molar-refractivity contribution in [2.24, 2.45) is 5.92 Å². The second-order valence-corrected chi connectivity index (χ2v) is 7.17. The second-order valence-electron chi connectivity index (χ2n) is 5.77. The molecule has 1 N–H and O–H groups in total. The SMILES string of the molecule is Cc1nc(C(C)N2CC3CCCNC3C2)c(C)s1. The first-order valence-electron chi connectivity index (χ1n) is 7.06. The van der Waals surface area contributed by atoms with Gasteiger partial charge >= 0.3 is 0 Å². The fraction of sp³-hybridized carbons (Fsp3) is 0.786. The van der Waals surface area contributed by atoms with Crippen LogP contribution in [-0.4, -0.2) is 35.6 Å². The third kappa shape index (κ3) is 2.22. The zero-order valence-electron chi connectivity index (χ0n) is 11.6. The molecule has 3 heterocycles. The van der Waals surface area contributed by atoms with Crippen LogP contribution in [0.25, 0.3) is 0 Å². The van der Waals surface area contributed by atoms with E-state index < -0.39 is 0 Å². The van der Waals surface area contributed by atoms with Gasteiger partial charge in [-0.3, -0.25) is 4.90 Å². The first-order valence-corrected chi connectivity index (χ1v) is 7.88. The average Bonchev–Trinajstić information content (AvgIpc) is 2.91. The second kappa shape index (κ2) is 4.91. The summed E-state index contributed by atoms with van der Waals surface area (Å²) in [6, 6.07) is 1.20. The first kappa shape index (κ1) is 12.6. The van der Waals surface area contributed by atoms with Gasteiger partial charge in [0.2, 0.25) is 0 Å². The van der Waals surface area contributed by atoms with E-state index >= 15 is 0 Å². The fourth-order valence-electron chi connectivity index (χ4n) is 3.50. The Bertz CT molecular complexity index is 415. The van der Waals surface area contributed by atoms with Crippen molar-refractivity contribution >= 4 is 11.3 Å². The molecule has 0 aromatic carbocycles. The van der Waals surface area contributed by atoms with E-state index in [1.165, 1.54) is 48.1 Å². The predicted octanol–water partition coefficient (Wildman–Crippen LogP) is 2.50. The molecule has 1 aromatic heterocycles. The number of aryl methyl sites for hydroxylation is 2. The summed E-state index contributed by atoms with van der Waals surface area (Å²) in [5.74, 6) is 0.862. The molecule has 2 aliphatic rings. The number of nitrogens with one attached hydrogen (secondary N) is 1. The normalized spacial score (nSPS) is 30.4. The lowest BCUT2D eigenvalue weighted by atomic mass is 9.94. The number of likely N-dealkylation sites (tertiary alicyclic amines) is 1. The molecule has 3 unspecified atom stereocenters. The summed E-state index contributed by atoms with van der Waals surface area (Å²) in [6.45, 7) is 10.3. The number of piperidine rings is 1. The number of hydrogen-bond acceptors (Lipinski definition) is 4. The standard InChI is InChI=1S/C14H23N3S/c1-9(14-10(2)18-11(3)16-14)17-7-12-5-4-6-15-13(12)8-17/h9,12-13,15H,4-8H2,1-3H3. The molecule has 0 spiro atoms. The van der Waals surface area contributed by atoms with Crippen molar-refractivity contribution in [1.29, 1.82) is 0 Å². The van der Waals surface area contributed by atoms with Gasteiger partial charge < -0.3 is 5.32 Å². The van der Waals surface area contributed by atoms with E-state index in [-0.39, 0.29) is 0 Å². The van der Waals surface area contributed by atoms with E-state index in [4.69, 9.17) is 4.98 Å². The number of aromatic nitrogens is 1. The van der Waals surface area contributed by atoms with Gasteiger partial charge in [-0.2, -0.15) is 0 Å². The van der Waals surface area contributed by atoms with Crippen LogP contribution in [0, 0.1) is 19.8 Å². The summed E-state index contributed by atoms with van der Waals surface area (Å²) in [6.07, 6.45) is 2.74. The van der Waals surface area contributed by atoms with E-state index in [2.05, 4.69) is 31.0 Å². The number of fused-ring (bicyclic) bond motifs is 1. The van der Waals surface area contributed by atoms with Gasteiger partial charge in [-0.05, 0) is 46.1 Å². The Morgan fingerprint density at radius 3 is 2.89 bits per heavy atom. The highest BCUT2D eigenvalue weighted by atomic mass is 32.1. The molecule has 1 aromatic rings. The van der Waals surface area contributed by atoms with Crippen molar-refractivity contribution in [3.05, 3.63) is 15.6 Å². The number of thiazole rings is 1. The lowest BCUT2D eigenvalue weighted by molar-refractivity contribution is 0.246. The molecule has 3 atom stereocenters. The molecule has 3 rings (SSSR count). The largest absolute Gasteiger partial charge is 0.312 e. The topological polar surface area (TPSA) is 28.2 Å². The van der Waals surface area contributed by atoms with E-state index in [0.717, 1.165) is 12.0 Å². The maximum absolute atomic E-state index is 4.73. The molecule has 2 aliphatic heterocycles.